The molecule has 0 unspecified atom stereocenters. The van der Waals surface area contributed by atoms with Gasteiger partial charge in [-0.2, -0.15) is 26.3 Å². The number of benzene rings is 2. The maximum absolute atomic E-state index is 12.4. The SMILES string of the molecule is FC(F)(F)c1ccc(OBOc2ccc(C(F)(F)F)cc2)cc1. The normalized spacial score (nSPS) is 11.9. The minimum Gasteiger partial charge on any atom is -0.529 e. The van der Waals surface area contributed by atoms with Crippen LogP contribution in [0, 0.1) is 0 Å². The van der Waals surface area contributed by atoms with Crippen molar-refractivity contribution in [3.8, 4) is 11.5 Å². The van der Waals surface area contributed by atoms with Crippen LogP contribution in [0.3, 0.4) is 0 Å². The van der Waals surface area contributed by atoms with E-state index in [1.165, 1.54) is 0 Å². The van der Waals surface area contributed by atoms with Gasteiger partial charge in [0, 0.05) is 0 Å². The number of halogens is 6. The summed E-state index contributed by atoms with van der Waals surface area (Å²) < 4.78 is 84.3. The topological polar surface area (TPSA) is 18.5 Å². The fourth-order valence-corrected chi connectivity index (χ4v) is 1.65. The lowest BCUT2D eigenvalue weighted by atomic mass is 10.2. The molecule has 0 heterocycles. The van der Waals surface area contributed by atoms with Crippen LogP contribution >= 0.6 is 0 Å². The van der Waals surface area contributed by atoms with E-state index < -0.39 is 23.5 Å². The molecule has 0 saturated carbocycles. The van der Waals surface area contributed by atoms with Crippen molar-refractivity contribution in [3.63, 3.8) is 0 Å². The first-order chi connectivity index (χ1) is 10.7. The van der Waals surface area contributed by atoms with Gasteiger partial charge in [-0.05, 0) is 48.5 Å². The number of hydrogen-bond donors (Lipinski definition) is 0. The van der Waals surface area contributed by atoms with Crippen molar-refractivity contribution in [1.29, 1.82) is 0 Å². The van der Waals surface area contributed by atoms with E-state index in [4.69, 9.17) is 9.31 Å². The van der Waals surface area contributed by atoms with Crippen LogP contribution in [-0.4, -0.2) is 7.69 Å². The zero-order chi connectivity index (χ0) is 17.1. The summed E-state index contributed by atoms with van der Waals surface area (Å²) in [5.41, 5.74) is -1.62. The van der Waals surface area contributed by atoms with Gasteiger partial charge in [-0.3, -0.25) is 0 Å². The fourth-order valence-electron chi connectivity index (χ4n) is 1.65. The molecular weight excluding hydrogens is 325 g/mol. The summed E-state index contributed by atoms with van der Waals surface area (Å²) in [6.07, 6.45) is -8.87. The van der Waals surface area contributed by atoms with Gasteiger partial charge < -0.3 is 9.31 Å². The van der Waals surface area contributed by atoms with Crippen molar-refractivity contribution < 1.29 is 35.7 Å². The maximum Gasteiger partial charge on any atom is 0.576 e. The fraction of sp³-hybridized carbons (Fsp3) is 0.143. The third-order valence-electron chi connectivity index (χ3n) is 2.81. The van der Waals surface area contributed by atoms with E-state index in [1.807, 2.05) is 0 Å². The Labute approximate surface area is 127 Å². The molecule has 2 rings (SSSR count). The van der Waals surface area contributed by atoms with Gasteiger partial charge in [-0.25, -0.2) is 0 Å². The summed E-state index contributed by atoms with van der Waals surface area (Å²) in [5.74, 6) is 0.287. The van der Waals surface area contributed by atoms with Crippen LogP contribution in [0.25, 0.3) is 0 Å². The van der Waals surface area contributed by atoms with Crippen LogP contribution in [0.15, 0.2) is 48.5 Å². The van der Waals surface area contributed by atoms with Crippen molar-refractivity contribution in [2.45, 2.75) is 12.4 Å². The summed E-state index contributed by atoms with van der Waals surface area (Å²) in [6, 6.07) is 7.91. The molecule has 0 aliphatic carbocycles. The molecule has 9 heteroatoms. The van der Waals surface area contributed by atoms with Crippen LogP contribution in [0.4, 0.5) is 26.3 Å². The van der Waals surface area contributed by atoms with Crippen LogP contribution in [0.2, 0.25) is 0 Å². The van der Waals surface area contributed by atoms with E-state index in [-0.39, 0.29) is 19.2 Å². The van der Waals surface area contributed by atoms with E-state index in [1.54, 1.807) is 0 Å². The second-order valence-corrected chi connectivity index (χ2v) is 4.45. The molecule has 0 aliphatic heterocycles. The third kappa shape index (κ3) is 4.83. The van der Waals surface area contributed by atoms with Crippen LogP contribution in [0.1, 0.15) is 11.1 Å². The van der Waals surface area contributed by atoms with Gasteiger partial charge in [0.15, 0.2) is 0 Å². The molecule has 0 radical (unpaired) electrons. The molecule has 0 amide bonds. The highest BCUT2D eigenvalue weighted by Gasteiger charge is 2.30. The lowest BCUT2D eigenvalue weighted by Gasteiger charge is -2.10. The first-order valence-electron chi connectivity index (χ1n) is 6.26. The van der Waals surface area contributed by atoms with E-state index in [2.05, 4.69) is 0 Å². The zero-order valence-electron chi connectivity index (χ0n) is 11.4. The van der Waals surface area contributed by atoms with E-state index >= 15 is 0 Å². The predicted octanol–water partition coefficient (Wildman–Crippen LogP) is 4.45. The Bertz CT molecular complexity index is 577. The first-order valence-corrected chi connectivity index (χ1v) is 6.26. The second-order valence-electron chi connectivity index (χ2n) is 4.45. The Hall–Kier alpha value is -2.32. The Balaban J connectivity index is 1.87. The third-order valence-corrected chi connectivity index (χ3v) is 2.81. The van der Waals surface area contributed by atoms with Crippen molar-refractivity contribution in [2.24, 2.45) is 0 Å². The van der Waals surface area contributed by atoms with Crippen LogP contribution in [0.5, 0.6) is 11.5 Å². The largest absolute Gasteiger partial charge is 0.576 e. The van der Waals surface area contributed by atoms with Gasteiger partial charge in [-0.15, -0.1) is 0 Å². The van der Waals surface area contributed by atoms with Gasteiger partial charge in [0.25, 0.3) is 0 Å². The molecule has 0 N–H and O–H groups in total. The zero-order valence-corrected chi connectivity index (χ0v) is 11.4. The molecule has 2 nitrogen and oxygen atoms in total. The monoisotopic (exact) mass is 334 g/mol. The minimum absolute atomic E-state index is 0.143. The molecule has 0 spiro atoms. The van der Waals surface area contributed by atoms with E-state index in [0.29, 0.717) is 0 Å². The highest BCUT2D eigenvalue weighted by Crippen LogP contribution is 2.31. The minimum atomic E-state index is -4.44. The van der Waals surface area contributed by atoms with Crippen molar-refractivity contribution in [1.82, 2.24) is 0 Å². The number of rotatable bonds is 4. The van der Waals surface area contributed by atoms with Crippen molar-refractivity contribution in [3.05, 3.63) is 59.7 Å². The Kier molecular flexibility index (Phi) is 4.77. The quantitative estimate of drug-likeness (QED) is 0.608. The number of alkyl halides is 6. The van der Waals surface area contributed by atoms with Crippen LogP contribution < -0.4 is 9.31 Å². The molecule has 0 fully saturated rings. The summed E-state index contributed by atoms with van der Waals surface area (Å²) >= 11 is 0. The van der Waals surface area contributed by atoms with Gasteiger partial charge >= 0.3 is 20.0 Å². The Morgan fingerprint density at radius 1 is 0.565 bits per heavy atom. The van der Waals surface area contributed by atoms with Crippen molar-refractivity contribution >= 4 is 7.69 Å². The Morgan fingerprint density at radius 3 is 1.13 bits per heavy atom. The molecule has 122 valence electrons. The smallest absolute Gasteiger partial charge is 0.529 e. The maximum atomic E-state index is 12.4. The van der Waals surface area contributed by atoms with E-state index in [0.717, 1.165) is 48.5 Å². The summed E-state index contributed by atoms with van der Waals surface area (Å²) in [5, 5.41) is 0. The lowest BCUT2D eigenvalue weighted by Crippen LogP contribution is -2.12. The standard InChI is InChI=1S/C14H9BF6O2/c16-13(17,18)9-1-5-11(6-2-9)22-15-23-12-7-3-10(4-8-12)14(19,20)21/h1-8,15H. The highest BCUT2D eigenvalue weighted by atomic mass is 19.4. The number of hydrogen-bond acceptors (Lipinski definition) is 2. The second kappa shape index (κ2) is 6.43. The Morgan fingerprint density at radius 2 is 0.870 bits per heavy atom. The average Bonchev–Trinajstić information content (AvgIpc) is 2.46. The van der Waals surface area contributed by atoms with Gasteiger partial charge in [0.2, 0.25) is 0 Å². The summed E-state index contributed by atoms with van der Waals surface area (Å²) in [6.45, 7) is 0. The van der Waals surface area contributed by atoms with Gasteiger partial charge in [0.1, 0.15) is 11.5 Å². The molecule has 0 saturated heterocycles. The first kappa shape index (κ1) is 17.0. The lowest BCUT2D eigenvalue weighted by molar-refractivity contribution is -0.138. The predicted molar refractivity (Wildman–Crippen MR) is 71.3 cm³/mol. The molecular formula is C14H9BF6O2. The molecule has 23 heavy (non-hydrogen) atoms. The van der Waals surface area contributed by atoms with Gasteiger partial charge in [-0.1, -0.05) is 0 Å². The van der Waals surface area contributed by atoms with Crippen molar-refractivity contribution in [2.75, 3.05) is 0 Å². The molecule has 0 atom stereocenters. The molecule has 0 aliphatic rings. The molecule has 0 bridgehead atoms. The van der Waals surface area contributed by atoms with E-state index in [9.17, 15) is 26.3 Å². The molecule has 0 aromatic heterocycles. The average molecular weight is 334 g/mol. The van der Waals surface area contributed by atoms with Gasteiger partial charge in [0.05, 0.1) is 11.1 Å². The molecule has 2 aromatic carbocycles. The summed E-state index contributed by atoms with van der Waals surface area (Å²) in [4.78, 5) is 0. The molecule has 2 aromatic rings. The highest BCUT2D eigenvalue weighted by molar-refractivity contribution is 6.20. The van der Waals surface area contributed by atoms with Crippen LogP contribution in [-0.2, 0) is 12.4 Å². The summed E-state index contributed by atoms with van der Waals surface area (Å²) in [7, 11) is -0.350.